The molecule has 0 spiro atoms. The molecule has 3 nitrogen and oxygen atoms in total. The molecule has 0 N–H and O–H groups in total. The molecule has 1 aromatic heterocycles. The number of rotatable bonds is 12. The fraction of sp³-hybridized carbons (Fsp3) is 0.222. The molecule has 3 heterocycles. The van der Waals surface area contributed by atoms with Crippen molar-refractivity contribution in [1.29, 1.82) is 0 Å². The molecule has 7 aromatic carbocycles. The second kappa shape index (κ2) is 15.4. The number of hydrogen-bond donors (Lipinski definition) is 0. The molecule has 0 fully saturated rings. The Morgan fingerprint density at radius 3 is 1.91 bits per heavy atom. The van der Waals surface area contributed by atoms with Crippen LogP contribution in [0.5, 0.6) is 0 Å². The van der Waals surface area contributed by atoms with Crippen LogP contribution in [0.4, 0.5) is 28.4 Å². The van der Waals surface area contributed by atoms with Gasteiger partial charge in [-0.25, -0.2) is 0 Å². The van der Waals surface area contributed by atoms with Crippen LogP contribution in [0.1, 0.15) is 76.0 Å². The van der Waals surface area contributed by atoms with E-state index >= 15 is 0 Å². The van der Waals surface area contributed by atoms with E-state index in [-0.39, 0.29) is 6.85 Å². The molecule has 0 saturated carbocycles. The normalized spacial score (nSPS) is 12.9. The Morgan fingerprint density at radius 1 is 0.466 bits per heavy atom. The fourth-order valence-electron chi connectivity index (χ4n) is 9.72. The maximum absolute atomic E-state index is 6.72. The number of para-hydroxylation sites is 2. The number of aryl methyl sites for hydroxylation is 3. The summed E-state index contributed by atoms with van der Waals surface area (Å²) in [5.41, 5.74) is 20.0. The first-order chi connectivity index (χ1) is 28.7. The highest BCUT2D eigenvalue weighted by Crippen LogP contribution is 2.50. The summed E-state index contributed by atoms with van der Waals surface area (Å²) >= 11 is 0. The number of hydrogen-bond acceptors (Lipinski definition) is 3. The minimum Gasteiger partial charge on any atom is -0.456 e. The largest absolute Gasteiger partial charge is 0.456 e. The van der Waals surface area contributed by atoms with Gasteiger partial charge in [-0.2, -0.15) is 0 Å². The van der Waals surface area contributed by atoms with Crippen molar-refractivity contribution in [1.82, 2.24) is 0 Å². The topological polar surface area (TPSA) is 19.6 Å². The second-order valence-electron chi connectivity index (χ2n) is 16.4. The first kappa shape index (κ1) is 36.4. The van der Waals surface area contributed by atoms with Crippen LogP contribution in [0.3, 0.4) is 0 Å². The van der Waals surface area contributed by atoms with Crippen LogP contribution < -0.4 is 20.6 Å². The summed E-state index contributed by atoms with van der Waals surface area (Å²) in [6, 6.07) is 55.0. The average molecular weight is 755 g/mol. The van der Waals surface area contributed by atoms with Crippen LogP contribution in [-0.4, -0.2) is 6.85 Å². The number of anilines is 5. The maximum Gasteiger partial charge on any atom is 0.333 e. The lowest BCUT2D eigenvalue weighted by molar-refractivity contribution is 0.669. The SMILES string of the molecule is CCCCc1ccc(N2B3c4c(cc(CCCC)cc4N(c4ccccc4-c4ccccc4)c4ccc5oc6ccccc6c5c43)-c3cc(CCCC)ccc32)cc1. The molecule has 4 heteroatoms. The second-order valence-corrected chi connectivity index (χ2v) is 16.4. The van der Waals surface area contributed by atoms with Crippen LogP contribution in [0, 0.1) is 0 Å². The molecule has 0 radical (unpaired) electrons. The summed E-state index contributed by atoms with van der Waals surface area (Å²) in [6.45, 7) is 6.78. The molecule has 2 aliphatic rings. The van der Waals surface area contributed by atoms with Gasteiger partial charge >= 0.3 is 6.85 Å². The molecule has 0 aliphatic carbocycles. The van der Waals surface area contributed by atoms with Crippen LogP contribution >= 0.6 is 0 Å². The molecule has 0 atom stereocenters. The Labute approximate surface area is 344 Å². The summed E-state index contributed by atoms with van der Waals surface area (Å²) in [4.78, 5) is 5.27. The number of benzene rings is 7. The highest BCUT2D eigenvalue weighted by molar-refractivity contribution is 6.95. The van der Waals surface area contributed by atoms with Crippen LogP contribution in [0.2, 0.25) is 0 Å². The van der Waals surface area contributed by atoms with Crippen molar-refractivity contribution < 1.29 is 4.42 Å². The minimum atomic E-state index is -0.0967. The van der Waals surface area contributed by atoms with Crippen molar-refractivity contribution in [2.75, 3.05) is 9.71 Å². The third-order valence-corrected chi connectivity index (χ3v) is 12.6. The van der Waals surface area contributed by atoms with Gasteiger partial charge < -0.3 is 14.1 Å². The molecular weight excluding hydrogens is 703 g/mol. The highest BCUT2D eigenvalue weighted by atomic mass is 16.3. The lowest BCUT2D eigenvalue weighted by atomic mass is 9.42. The van der Waals surface area contributed by atoms with E-state index in [1.165, 1.54) is 109 Å². The van der Waals surface area contributed by atoms with Gasteiger partial charge in [-0.1, -0.05) is 131 Å². The van der Waals surface area contributed by atoms with E-state index < -0.39 is 0 Å². The van der Waals surface area contributed by atoms with Gasteiger partial charge in [0.25, 0.3) is 0 Å². The zero-order chi connectivity index (χ0) is 39.2. The number of unbranched alkanes of at least 4 members (excludes halogenated alkanes) is 3. The first-order valence-electron chi connectivity index (χ1n) is 21.7. The van der Waals surface area contributed by atoms with Crippen LogP contribution in [0.15, 0.2) is 150 Å². The molecular formula is C54H51BN2O. The lowest BCUT2D eigenvalue weighted by Gasteiger charge is -2.46. The van der Waals surface area contributed by atoms with E-state index in [2.05, 4.69) is 176 Å². The molecule has 10 rings (SSSR count). The summed E-state index contributed by atoms with van der Waals surface area (Å²) in [7, 11) is 0. The number of furan rings is 1. The van der Waals surface area contributed by atoms with Crippen molar-refractivity contribution in [2.24, 2.45) is 0 Å². The smallest absolute Gasteiger partial charge is 0.333 e. The van der Waals surface area contributed by atoms with E-state index in [0.29, 0.717) is 0 Å². The van der Waals surface area contributed by atoms with E-state index in [0.717, 1.165) is 48.7 Å². The molecule has 0 bridgehead atoms. The van der Waals surface area contributed by atoms with Crippen molar-refractivity contribution in [2.45, 2.75) is 78.6 Å². The number of fused-ring (bicyclic) bond motifs is 8. The summed E-state index contributed by atoms with van der Waals surface area (Å²) in [5.74, 6) is 0. The van der Waals surface area contributed by atoms with Crippen LogP contribution in [-0.2, 0) is 19.3 Å². The van der Waals surface area contributed by atoms with E-state index in [4.69, 9.17) is 4.42 Å². The first-order valence-corrected chi connectivity index (χ1v) is 21.7. The molecule has 2 aliphatic heterocycles. The van der Waals surface area contributed by atoms with Gasteiger partial charge in [0.2, 0.25) is 0 Å². The van der Waals surface area contributed by atoms with Gasteiger partial charge in [-0.3, -0.25) is 0 Å². The van der Waals surface area contributed by atoms with Crippen molar-refractivity contribution in [3.8, 4) is 22.3 Å². The zero-order valence-corrected chi connectivity index (χ0v) is 34.1. The number of nitrogens with zero attached hydrogens (tertiary/aromatic N) is 2. The summed E-state index contributed by atoms with van der Waals surface area (Å²) in [5, 5.41) is 2.35. The van der Waals surface area contributed by atoms with Gasteiger partial charge in [0.15, 0.2) is 0 Å². The van der Waals surface area contributed by atoms with Crippen molar-refractivity contribution in [3.05, 3.63) is 162 Å². The molecule has 286 valence electrons. The standard InChI is InChI=1S/C54H51BN2O/c1-4-7-17-37-26-29-41(30-27-37)57-47-31-28-38(18-8-5-2)34-44(47)45-35-39(19-9-6-3)36-49-53(45)55(57)54-48(32-33-51-52(54)43-23-14-16-25-50(43)58-51)56(49)46-24-15-13-22-42(46)40-20-11-10-12-21-40/h10-16,20-36H,4-9,17-19H2,1-3H3. The zero-order valence-electron chi connectivity index (χ0n) is 34.1. The Bertz CT molecular complexity index is 2770. The van der Waals surface area contributed by atoms with Gasteiger partial charge in [0.05, 0.1) is 5.69 Å². The third kappa shape index (κ3) is 6.13. The van der Waals surface area contributed by atoms with E-state index in [1.54, 1.807) is 0 Å². The highest BCUT2D eigenvalue weighted by Gasteiger charge is 2.47. The Hall–Kier alpha value is -6.00. The summed E-state index contributed by atoms with van der Waals surface area (Å²) < 4.78 is 6.72. The molecule has 58 heavy (non-hydrogen) atoms. The van der Waals surface area contributed by atoms with Gasteiger partial charge in [-0.15, -0.1) is 0 Å². The van der Waals surface area contributed by atoms with Gasteiger partial charge in [-0.05, 0) is 132 Å². The van der Waals surface area contributed by atoms with Crippen molar-refractivity contribution >= 4 is 68.1 Å². The molecule has 0 saturated heterocycles. The molecule has 0 amide bonds. The fourth-order valence-corrected chi connectivity index (χ4v) is 9.72. The average Bonchev–Trinajstić information content (AvgIpc) is 3.66. The van der Waals surface area contributed by atoms with Crippen LogP contribution in [0.25, 0.3) is 44.2 Å². The van der Waals surface area contributed by atoms with Crippen molar-refractivity contribution in [3.63, 3.8) is 0 Å². The summed E-state index contributed by atoms with van der Waals surface area (Å²) in [6.07, 6.45) is 10.3. The predicted molar refractivity (Wildman–Crippen MR) is 249 cm³/mol. The quantitative estimate of drug-likeness (QED) is 0.116. The Kier molecular flexibility index (Phi) is 9.65. The van der Waals surface area contributed by atoms with Gasteiger partial charge in [0.1, 0.15) is 11.2 Å². The predicted octanol–water partition coefficient (Wildman–Crippen LogP) is 14.0. The monoisotopic (exact) mass is 754 g/mol. The Morgan fingerprint density at radius 2 is 1.12 bits per heavy atom. The third-order valence-electron chi connectivity index (χ3n) is 12.6. The van der Waals surface area contributed by atoms with E-state index in [1.807, 2.05) is 0 Å². The minimum absolute atomic E-state index is 0.0967. The van der Waals surface area contributed by atoms with E-state index in [9.17, 15) is 0 Å². The lowest BCUT2D eigenvalue weighted by Crippen LogP contribution is -2.61. The molecule has 8 aromatic rings. The molecule has 0 unspecified atom stereocenters. The van der Waals surface area contributed by atoms with Gasteiger partial charge in [0, 0.05) is 44.6 Å². The maximum atomic E-state index is 6.72. The Balaban J connectivity index is 1.33.